The maximum Gasteiger partial charge on any atom is 0.340 e. The molecular formula is C22H23NO5. The van der Waals surface area contributed by atoms with Crippen LogP contribution in [0.2, 0.25) is 0 Å². The number of benzene rings is 2. The van der Waals surface area contributed by atoms with Crippen LogP contribution in [0, 0.1) is 13.8 Å². The molecule has 0 aliphatic carbocycles. The summed E-state index contributed by atoms with van der Waals surface area (Å²) in [5.41, 5.74) is 2.16. The summed E-state index contributed by atoms with van der Waals surface area (Å²) < 4.78 is 5.32. The Balaban J connectivity index is 1.81. The van der Waals surface area contributed by atoms with Crippen molar-refractivity contribution >= 4 is 16.9 Å². The Kier molecular flexibility index (Phi) is 5.80. The Hall–Kier alpha value is -3.12. The molecule has 6 heteroatoms. The van der Waals surface area contributed by atoms with E-state index in [9.17, 15) is 19.8 Å². The number of aryl methyl sites for hydroxylation is 2. The summed E-state index contributed by atoms with van der Waals surface area (Å²) in [4.78, 5) is 24.9. The molecule has 3 aromatic rings. The number of hydrogen-bond donors (Lipinski definition) is 3. The zero-order valence-corrected chi connectivity index (χ0v) is 15.9. The summed E-state index contributed by atoms with van der Waals surface area (Å²) in [5, 5.41) is 23.0. The molecule has 1 aromatic heterocycles. The summed E-state index contributed by atoms with van der Waals surface area (Å²) in [5.74, 6) is -0.383. The van der Waals surface area contributed by atoms with E-state index in [-0.39, 0.29) is 24.3 Å². The smallest absolute Gasteiger partial charge is 0.340 e. The van der Waals surface area contributed by atoms with Gasteiger partial charge in [0.15, 0.2) is 0 Å². The molecule has 0 saturated heterocycles. The van der Waals surface area contributed by atoms with E-state index in [0.717, 1.165) is 11.1 Å². The summed E-state index contributed by atoms with van der Waals surface area (Å²) in [7, 11) is 0. The third kappa shape index (κ3) is 4.23. The van der Waals surface area contributed by atoms with Crippen LogP contribution in [0.4, 0.5) is 0 Å². The Labute approximate surface area is 162 Å². The van der Waals surface area contributed by atoms with E-state index in [1.165, 1.54) is 0 Å². The number of phenols is 1. The molecule has 1 heterocycles. The third-order valence-electron chi connectivity index (χ3n) is 4.75. The van der Waals surface area contributed by atoms with Gasteiger partial charge in [-0.05, 0) is 49.1 Å². The van der Waals surface area contributed by atoms with Crippen molar-refractivity contribution < 1.29 is 19.4 Å². The number of aromatic hydroxyl groups is 1. The number of hydrogen-bond acceptors (Lipinski definition) is 5. The average Bonchev–Trinajstić information content (AvgIpc) is 2.64. The van der Waals surface area contributed by atoms with Crippen molar-refractivity contribution in [3.05, 3.63) is 75.1 Å². The van der Waals surface area contributed by atoms with Gasteiger partial charge in [-0.15, -0.1) is 0 Å². The predicted molar refractivity (Wildman–Crippen MR) is 106 cm³/mol. The van der Waals surface area contributed by atoms with Crippen LogP contribution < -0.4 is 10.9 Å². The van der Waals surface area contributed by atoms with Crippen LogP contribution >= 0.6 is 0 Å². The average molecular weight is 381 g/mol. The first-order chi connectivity index (χ1) is 13.4. The van der Waals surface area contributed by atoms with Gasteiger partial charge in [-0.2, -0.15) is 0 Å². The van der Waals surface area contributed by atoms with Gasteiger partial charge in [-0.25, -0.2) is 4.79 Å². The van der Waals surface area contributed by atoms with Gasteiger partial charge in [0.25, 0.3) is 0 Å². The minimum atomic E-state index is -0.603. The van der Waals surface area contributed by atoms with Crippen LogP contribution in [0.5, 0.6) is 5.75 Å². The van der Waals surface area contributed by atoms with Crippen LogP contribution in [0.1, 0.15) is 22.3 Å². The Morgan fingerprint density at radius 2 is 1.89 bits per heavy atom. The Bertz CT molecular complexity index is 1060. The zero-order valence-electron chi connectivity index (χ0n) is 15.9. The lowest BCUT2D eigenvalue weighted by Crippen LogP contribution is -2.40. The van der Waals surface area contributed by atoms with Crippen molar-refractivity contribution in [2.75, 3.05) is 6.61 Å². The molecular weight excluding hydrogens is 358 g/mol. The number of carbonyl (C=O) groups is 1. The summed E-state index contributed by atoms with van der Waals surface area (Å²) in [6.07, 6.45) is 0.289. The lowest BCUT2D eigenvalue weighted by molar-refractivity contribution is -0.121. The number of carbonyl (C=O) groups excluding carboxylic acids is 1. The highest BCUT2D eigenvalue weighted by Crippen LogP contribution is 2.29. The fraction of sp³-hybridized carbons (Fsp3) is 0.273. The first-order valence-electron chi connectivity index (χ1n) is 9.09. The maximum atomic E-state index is 12.5. The minimum absolute atomic E-state index is 0.00946. The zero-order chi connectivity index (χ0) is 20.3. The maximum absolute atomic E-state index is 12.5. The SMILES string of the molecule is Cc1cc(O)c2c(C)c(CC(=O)N[C@H](CO)Cc3ccccc3)c(=O)oc2c1. The van der Waals surface area contributed by atoms with Gasteiger partial charge in [-0.3, -0.25) is 4.79 Å². The second-order valence-electron chi connectivity index (χ2n) is 6.96. The number of aliphatic hydroxyl groups excluding tert-OH is 1. The van der Waals surface area contributed by atoms with Crippen molar-refractivity contribution in [1.82, 2.24) is 5.32 Å². The lowest BCUT2D eigenvalue weighted by Gasteiger charge is -2.17. The molecule has 0 saturated carbocycles. The molecule has 1 amide bonds. The number of rotatable bonds is 6. The molecule has 0 unspecified atom stereocenters. The van der Waals surface area contributed by atoms with Gasteiger partial charge in [0.2, 0.25) is 5.91 Å². The van der Waals surface area contributed by atoms with Gasteiger partial charge < -0.3 is 19.9 Å². The van der Waals surface area contributed by atoms with Crippen molar-refractivity contribution in [2.24, 2.45) is 0 Å². The highest BCUT2D eigenvalue weighted by Gasteiger charge is 2.19. The molecule has 3 rings (SSSR count). The highest BCUT2D eigenvalue weighted by molar-refractivity contribution is 5.89. The van der Waals surface area contributed by atoms with Crippen LogP contribution in [-0.2, 0) is 17.6 Å². The summed E-state index contributed by atoms with van der Waals surface area (Å²) >= 11 is 0. The number of fused-ring (bicyclic) bond motifs is 1. The quantitative estimate of drug-likeness (QED) is 0.569. The third-order valence-corrected chi connectivity index (χ3v) is 4.75. The molecule has 0 bridgehead atoms. The van der Waals surface area contributed by atoms with Gasteiger partial charge in [-0.1, -0.05) is 30.3 Å². The molecule has 0 spiro atoms. The lowest BCUT2D eigenvalue weighted by atomic mass is 10.0. The summed E-state index contributed by atoms with van der Waals surface area (Å²) in [6, 6.07) is 12.3. The largest absolute Gasteiger partial charge is 0.507 e. The highest BCUT2D eigenvalue weighted by atomic mass is 16.4. The van der Waals surface area contributed by atoms with E-state index in [2.05, 4.69) is 5.32 Å². The summed E-state index contributed by atoms with van der Waals surface area (Å²) in [6.45, 7) is 3.26. The number of amides is 1. The number of nitrogens with one attached hydrogen (secondary N) is 1. The van der Waals surface area contributed by atoms with Gasteiger partial charge >= 0.3 is 5.63 Å². The molecule has 2 aromatic carbocycles. The van der Waals surface area contributed by atoms with Crippen LogP contribution in [0.25, 0.3) is 11.0 Å². The van der Waals surface area contributed by atoms with Gasteiger partial charge in [0, 0.05) is 0 Å². The molecule has 146 valence electrons. The first kappa shape index (κ1) is 19.6. The normalized spacial score (nSPS) is 12.1. The fourth-order valence-corrected chi connectivity index (χ4v) is 3.36. The Morgan fingerprint density at radius 1 is 1.18 bits per heavy atom. The molecule has 3 N–H and O–H groups in total. The van der Waals surface area contributed by atoms with E-state index in [0.29, 0.717) is 23.0 Å². The minimum Gasteiger partial charge on any atom is -0.507 e. The fourth-order valence-electron chi connectivity index (χ4n) is 3.36. The van der Waals surface area contributed by atoms with Crippen molar-refractivity contribution in [3.8, 4) is 5.75 Å². The van der Waals surface area contributed by atoms with E-state index in [1.54, 1.807) is 26.0 Å². The van der Waals surface area contributed by atoms with E-state index in [1.807, 2.05) is 30.3 Å². The molecule has 6 nitrogen and oxygen atoms in total. The van der Waals surface area contributed by atoms with Crippen molar-refractivity contribution in [1.29, 1.82) is 0 Å². The standard InChI is InChI=1S/C22H23NO5/c1-13-8-18(25)21-14(2)17(22(27)28-19(21)9-13)11-20(26)23-16(12-24)10-15-6-4-3-5-7-15/h3-9,16,24-25H,10-12H2,1-2H3,(H,23,26)/t16-/m0/s1. The second-order valence-corrected chi connectivity index (χ2v) is 6.96. The van der Waals surface area contributed by atoms with Crippen LogP contribution in [0.15, 0.2) is 51.7 Å². The van der Waals surface area contributed by atoms with Crippen LogP contribution in [0.3, 0.4) is 0 Å². The van der Waals surface area contributed by atoms with E-state index >= 15 is 0 Å². The van der Waals surface area contributed by atoms with Gasteiger partial charge in [0.1, 0.15) is 11.3 Å². The number of aliphatic hydroxyl groups is 1. The van der Waals surface area contributed by atoms with Crippen molar-refractivity contribution in [2.45, 2.75) is 32.7 Å². The monoisotopic (exact) mass is 381 g/mol. The predicted octanol–water partition coefficient (Wildman–Crippen LogP) is 2.38. The first-order valence-corrected chi connectivity index (χ1v) is 9.09. The topological polar surface area (TPSA) is 99.8 Å². The molecule has 28 heavy (non-hydrogen) atoms. The van der Waals surface area contributed by atoms with Gasteiger partial charge in [0.05, 0.1) is 30.0 Å². The molecule has 0 aliphatic rings. The molecule has 0 fully saturated rings. The van der Waals surface area contributed by atoms with E-state index < -0.39 is 17.6 Å². The molecule has 1 atom stereocenters. The molecule has 0 radical (unpaired) electrons. The van der Waals surface area contributed by atoms with E-state index in [4.69, 9.17) is 4.42 Å². The van der Waals surface area contributed by atoms with Crippen molar-refractivity contribution in [3.63, 3.8) is 0 Å². The van der Waals surface area contributed by atoms with Crippen LogP contribution in [-0.4, -0.2) is 28.8 Å². The Morgan fingerprint density at radius 3 is 2.57 bits per heavy atom. The number of phenolic OH excluding ortho intramolecular Hbond substituents is 1. The molecule has 0 aliphatic heterocycles. The second kappa shape index (κ2) is 8.27.